The second-order valence-corrected chi connectivity index (χ2v) is 6.29. The van der Waals surface area contributed by atoms with E-state index in [2.05, 4.69) is 11.8 Å². The first kappa shape index (κ1) is 17.9. The van der Waals surface area contributed by atoms with Crippen molar-refractivity contribution >= 4 is 0 Å². The summed E-state index contributed by atoms with van der Waals surface area (Å²) < 4.78 is 10.5. The molecule has 1 rings (SSSR count). The molecule has 0 amide bonds. The Hall–Kier alpha value is -0.160. The fraction of sp³-hybridized carbons (Fsp3) is 1.00. The Morgan fingerprint density at radius 2 is 1.85 bits per heavy atom. The molecule has 4 nitrogen and oxygen atoms in total. The van der Waals surface area contributed by atoms with Crippen molar-refractivity contribution in [2.75, 3.05) is 47.1 Å². The zero-order chi connectivity index (χ0) is 14.8. The Morgan fingerprint density at radius 3 is 2.50 bits per heavy atom. The van der Waals surface area contributed by atoms with Gasteiger partial charge in [-0.15, -0.1) is 0 Å². The molecular weight excluding hydrogens is 252 g/mol. The predicted molar refractivity (Wildman–Crippen MR) is 84.0 cm³/mol. The van der Waals surface area contributed by atoms with Crippen LogP contribution in [0.4, 0.5) is 0 Å². The van der Waals surface area contributed by atoms with Crippen LogP contribution < -0.4 is 5.73 Å². The Balaban J connectivity index is 2.70. The maximum absolute atomic E-state index is 6.22. The first-order valence-corrected chi connectivity index (χ1v) is 8.11. The zero-order valence-electron chi connectivity index (χ0n) is 13.7. The minimum atomic E-state index is 0.178. The molecule has 4 heteroatoms. The molecule has 0 radical (unpaired) electrons. The van der Waals surface area contributed by atoms with Gasteiger partial charge < -0.3 is 15.2 Å². The number of ether oxygens (including phenoxy) is 2. The number of rotatable bonds is 9. The highest BCUT2D eigenvalue weighted by atomic mass is 16.5. The van der Waals surface area contributed by atoms with Gasteiger partial charge >= 0.3 is 0 Å². The van der Waals surface area contributed by atoms with Crippen molar-refractivity contribution in [3.63, 3.8) is 0 Å². The summed E-state index contributed by atoms with van der Waals surface area (Å²) >= 11 is 0. The molecule has 1 fully saturated rings. The lowest BCUT2D eigenvalue weighted by molar-refractivity contribution is 0.0405. The van der Waals surface area contributed by atoms with Crippen molar-refractivity contribution in [3.05, 3.63) is 0 Å². The lowest BCUT2D eigenvalue weighted by atomic mass is 9.87. The molecule has 1 aliphatic carbocycles. The van der Waals surface area contributed by atoms with Gasteiger partial charge in [0.25, 0.3) is 0 Å². The molecule has 2 unspecified atom stereocenters. The van der Waals surface area contributed by atoms with Crippen LogP contribution in [0.1, 0.15) is 45.4 Å². The first-order valence-electron chi connectivity index (χ1n) is 8.11. The molecule has 0 aliphatic heterocycles. The van der Waals surface area contributed by atoms with Gasteiger partial charge in [0, 0.05) is 46.0 Å². The molecule has 0 aromatic carbocycles. The van der Waals surface area contributed by atoms with Gasteiger partial charge in [-0.05, 0) is 31.6 Å². The average Bonchev–Trinajstić information content (AvgIpc) is 2.65. The standard InChI is InChI=1S/C16H34N2O2/c1-15-6-4-8-16(14-17,9-7-15)18(11-13-20-3)10-5-12-19-2/h15H,4-14,17H2,1-3H3. The largest absolute Gasteiger partial charge is 0.385 e. The van der Waals surface area contributed by atoms with Crippen molar-refractivity contribution in [1.82, 2.24) is 4.90 Å². The zero-order valence-corrected chi connectivity index (χ0v) is 13.7. The highest BCUT2D eigenvalue weighted by Gasteiger charge is 2.36. The summed E-state index contributed by atoms with van der Waals surface area (Å²) in [4.78, 5) is 2.58. The molecule has 1 saturated carbocycles. The number of nitrogens with two attached hydrogens (primary N) is 1. The smallest absolute Gasteiger partial charge is 0.0589 e. The average molecular weight is 286 g/mol. The van der Waals surface area contributed by atoms with Crippen molar-refractivity contribution in [1.29, 1.82) is 0 Å². The monoisotopic (exact) mass is 286 g/mol. The van der Waals surface area contributed by atoms with Crippen LogP contribution >= 0.6 is 0 Å². The van der Waals surface area contributed by atoms with Gasteiger partial charge in [0.15, 0.2) is 0 Å². The molecule has 1 aliphatic rings. The minimum Gasteiger partial charge on any atom is -0.385 e. The minimum absolute atomic E-state index is 0.178. The number of hydrogen-bond acceptors (Lipinski definition) is 4. The van der Waals surface area contributed by atoms with Crippen LogP contribution in [-0.2, 0) is 9.47 Å². The van der Waals surface area contributed by atoms with Gasteiger partial charge in [-0.1, -0.05) is 19.8 Å². The van der Waals surface area contributed by atoms with Crippen LogP contribution in [-0.4, -0.2) is 57.5 Å². The lowest BCUT2D eigenvalue weighted by Gasteiger charge is -2.43. The molecular formula is C16H34N2O2. The third-order valence-electron chi connectivity index (χ3n) is 4.83. The van der Waals surface area contributed by atoms with E-state index in [0.717, 1.165) is 45.2 Å². The summed E-state index contributed by atoms with van der Waals surface area (Å²) in [6, 6.07) is 0. The summed E-state index contributed by atoms with van der Waals surface area (Å²) in [5.74, 6) is 0.840. The summed E-state index contributed by atoms with van der Waals surface area (Å²) in [7, 11) is 3.54. The molecule has 0 saturated heterocycles. The second-order valence-electron chi connectivity index (χ2n) is 6.29. The van der Waals surface area contributed by atoms with Crippen molar-refractivity contribution in [3.8, 4) is 0 Å². The number of nitrogens with zero attached hydrogens (tertiary/aromatic N) is 1. The van der Waals surface area contributed by atoms with E-state index in [1.807, 2.05) is 0 Å². The van der Waals surface area contributed by atoms with E-state index in [4.69, 9.17) is 15.2 Å². The first-order chi connectivity index (χ1) is 9.68. The van der Waals surface area contributed by atoms with E-state index in [1.165, 1.54) is 32.1 Å². The van der Waals surface area contributed by atoms with Crippen molar-refractivity contribution in [2.24, 2.45) is 11.7 Å². The van der Waals surface area contributed by atoms with Crippen LogP contribution in [0.5, 0.6) is 0 Å². The number of hydrogen-bond donors (Lipinski definition) is 1. The van der Waals surface area contributed by atoms with E-state index in [0.29, 0.717) is 0 Å². The summed E-state index contributed by atoms with van der Waals surface area (Å²) in [6.45, 7) is 6.77. The summed E-state index contributed by atoms with van der Waals surface area (Å²) in [5.41, 5.74) is 6.39. The normalized spacial score (nSPS) is 27.8. The van der Waals surface area contributed by atoms with E-state index in [9.17, 15) is 0 Å². The highest BCUT2D eigenvalue weighted by molar-refractivity contribution is 4.94. The molecule has 2 atom stereocenters. The van der Waals surface area contributed by atoms with E-state index in [1.54, 1.807) is 14.2 Å². The Morgan fingerprint density at radius 1 is 1.10 bits per heavy atom. The molecule has 0 aromatic heterocycles. The maximum Gasteiger partial charge on any atom is 0.0589 e. The van der Waals surface area contributed by atoms with E-state index in [-0.39, 0.29) is 5.54 Å². The molecule has 120 valence electrons. The van der Waals surface area contributed by atoms with Gasteiger partial charge in [-0.2, -0.15) is 0 Å². The SMILES string of the molecule is COCCCN(CCOC)C1(CN)CCCC(C)CC1. The number of methoxy groups -OCH3 is 2. The Labute approximate surface area is 125 Å². The summed E-state index contributed by atoms with van der Waals surface area (Å²) in [5, 5.41) is 0. The third kappa shape index (κ3) is 5.32. The fourth-order valence-electron chi connectivity index (χ4n) is 3.40. The van der Waals surface area contributed by atoms with E-state index < -0.39 is 0 Å². The highest BCUT2D eigenvalue weighted by Crippen LogP contribution is 2.34. The Bertz CT molecular complexity index is 251. The van der Waals surface area contributed by atoms with Gasteiger partial charge in [-0.25, -0.2) is 0 Å². The molecule has 0 bridgehead atoms. The van der Waals surface area contributed by atoms with Crippen LogP contribution in [0, 0.1) is 5.92 Å². The van der Waals surface area contributed by atoms with Gasteiger partial charge in [0.1, 0.15) is 0 Å². The van der Waals surface area contributed by atoms with Gasteiger partial charge in [0.2, 0.25) is 0 Å². The summed E-state index contributed by atoms with van der Waals surface area (Å²) in [6.07, 6.45) is 7.46. The van der Waals surface area contributed by atoms with Crippen LogP contribution in [0.25, 0.3) is 0 Å². The third-order valence-corrected chi connectivity index (χ3v) is 4.83. The molecule has 0 spiro atoms. The molecule has 0 aromatic rings. The topological polar surface area (TPSA) is 47.7 Å². The van der Waals surface area contributed by atoms with Crippen LogP contribution in [0.3, 0.4) is 0 Å². The van der Waals surface area contributed by atoms with Crippen molar-refractivity contribution in [2.45, 2.75) is 51.0 Å². The van der Waals surface area contributed by atoms with Crippen molar-refractivity contribution < 1.29 is 9.47 Å². The van der Waals surface area contributed by atoms with E-state index >= 15 is 0 Å². The van der Waals surface area contributed by atoms with Crippen LogP contribution in [0.2, 0.25) is 0 Å². The quantitative estimate of drug-likeness (QED) is 0.522. The maximum atomic E-state index is 6.22. The molecule has 2 N–H and O–H groups in total. The fourth-order valence-corrected chi connectivity index (χ4v) is 3.40. The second kappa shape index (κ2) is 9.72. The van der Waals surface area contributed by atoms with Gasteiger partial charge in [-0.3, -0.25) is 4.90 Å². The molecule has 0 heterocycles. The molecule has 20 heavy (non-hydrogen) atoms. The Kier molecular flexibility index (Phi) is 8.69. The van der Waals surface area contributed by atoms with Gasteiger partial charge in [0.05, 0.1) is 6.61 Å². The predicted octanol–water partition coefficient (Wildman–Crippen LogP) is 2.27. The van der Waals surface area contributed by atoms with Crippen LogP contribution in [0.15, 0.2) is 0 Å². The lowest BCUT2D eigenvalue weighted by Crippen LogP contribution is -2.55.